The number of likely N-dealkylation sites (N-methyl/N-ethyl adjacent to an activating group) is 1. The van der Waals surface area contributed by atoms with Gasteiger partial charge in [0.2, 0.25) is 11.8 Å². The van der Waals surface area contributed by atoms with Crippen LogP contribution in [0, 0.1) is 0 Å². The number of imide groups is 1. The van der Waals surface area contributed by atoms with E-state index < -0.39 is 11.9 Å². The van der Waals surface area contributed by atoms with Crippen LogP contribution < -0.4 is 16.4 Å². The molecule has 0 radical (unpaired) electrons. The highest BCUT2D eigenvalue weighted by molar-refractivity contribution is 6.07. The van der Waals surface area contributed by atoms with E-state index in [1.165, 1.54) is 0 Å². The molecule has 1 aromatic carbocycles. The van der Waals surface area contributed by atoms with Crippen molar-refractivity contribution >= 4 is 23.5 Å². The van der Waals surface area contributed by atoms with Crippen LogP contribution in [0.15, 0.2) is 30.3 Å². The first-order valence-electron chi connectivity index (χ1n) is 9.07. The van der Waals surface area contributed by atoms with Gasteiger partial charge in [-0.2, -0.15) is 0 Å². The van der Waals surface area contributed by atoms with Gasteiger partial charge in [-0.1, -0.05) is 44.2 Å². The molecule has 1 atom stereocenters. The molecule has 8 heteroatoms. The number of carbonyl (C=O) groups excluding carboxylic acids is 4. The van der Waals surface area contributed by atoms with Gasteiger partial charge in [0.1, 0.15) is 6.04 Å². The highest BCUT2D eigenvalue weighted by Crippen LogP contribution is 2.14. The van der Waals surface area contributed by atoms with Crippen molar-refractivity contribution in [2.24, 2.45) is 5.73 Å². The van der Waals surface area contributed by atoms with Gasteiger partial charge in [0.05, 0.1) is 13.1 Å². The smallest absolute Gasteiger partial charge is 0.252 e. The Hall–Kier alpha value is -2.58. The summed E-state index contributed by atoms with van der Waals surface area (Å²) in [6, 6.07) is 7.73. The van der Waals surface area contributed by atoms with Gasteiger partial charge in [0.25, 0.3) is 5.91 Å². The van der Waals surface area contributed by atoms with Crippen molar-refractivity contribution in [3.8, 4) is 0 Å². The van der Waals surface area contributed by atoms with E-state index in [0.29, 0.717) is 12.1 Å². The lowest BCUT2D eigenvalue weighted by molar-refractivity contribution is -0.150. The summed E-state index contributed by atoms with van der Waals surface area (Å²) < 4.78 is 0. The number of rotatable bonds is 7. The van der Waals surface area contributed by atoms with Crippen molar-refractivity contribution in [3.63, 3.8) is 0 Å². The molecule has 0 aliphatic carbocycles. The highest BCUT2D eigenvalue weighted by Gasteiger charge is 2.36. The van der Waals surface area contributed by atoms with Crippen LogP contribution in [0.2, 0.25) is 0 Å². The van der Waals surface area contributed by atoms with Gasteiger partial charge >= 0.3 is 0 Å². The van der Waals surface area contributed by atoms with Crippen LogP contribution >= 0.6 is 0 Å². The Labute approximate surface area is 159 Å². The zero-order valence-corrected chi connectivity index (χ0v) is 15.9. The Balaban J connectivity index is 0.00000114. The molecule has 4 N–H and O–H groups in total. The lowest BCUT2D eigenvalue weighted by Gasteiger charge is -2.30. The van der Waals surface area contributed by atoms with Crippen LogP contribution in [0.25, 0.3) is 0 Å². The quantitative estimate of drug-likeness (QED) is 0.458. The minimum Gasteiger partial charge on any atom is -0.343 e. The second kappa shape index (κ2) is 11.9. The van der Waals surface area contributed by atoms with E-state index in [9.17, 15) is 19.2 Å². The summed E-state index contributed by atoms with van der Waals surface area (Å²) in [6.07, 6.45) is 0.380. The number of hydrogen-bond acceptors (Lipinski definition) is 6. The average Bonchev–Trinajstić information content (AvgIpc) is 2.67. The lowest BCUT2D eigenvalue weighted by atomic mass is 10.0. The first-order valence-corrected chi connectivity index (χ1v) is 9.07. The van der Waals surface area contributed by atoms with E-state index >= 15 is 0 Å². The first-order chi connectivity index (χ1) is 12.9. The molecule has 1 fully saturated rings. The van der Waals surface area contributed by atoms with E-state index in [4.69, 9.17) is 5.73 Å². The summed E-state index contributed by atoms with van der Waals surface area (Å²) >= 11 is 0. The lowest BCUT2D eigenvalue weighted by Crippen LogP contribution is -2.56. The topological polar surface area (TPSA) is 122 Å². The number of piperidine rings is 1. The predicted octanol–water partition coefficient (Wildman–Crippen LogP) is 0.0776. The number of hydrogen-bond donors (Lipinski definition) is 3. The third kappa shape index (κ3) is 7.28. The summed E-state index contributed by atoms with van der Waals surface area (Å²) in [5.41, 5.74) is 5.29. The SMILES string of the molecule is CCN.CCNCC(=O)NC1CCC(=O)N(CC(=O)c2ccccc2)C1=O. The summed E-state index contributed by atoms with van der Waals surface area (Å²) in [5, 5.41) is 5.48. The molecule has 1 heterocycles. The second-order valence-corrected chi connectivity index (χ2v) is 5.95. The monoisotopic (exact) mass is 376 g/mol. The number of benzene rings is 1. The van der Waals surface area contributed by atoms with Crippen LogP contribution in [-0.4, -0.2) is 60.6 Å². The summed E-state index contributed by atoms with van der Waals surface area (Å²) in [4.78, 5) is 49.4. The van der Waals surface area contributed by atoms with Gasteiger partial charge in [0.15, 0.2) is 5.78 Å². The molecule has 148 valence electrons. The van der Waals surface area contributed by atoms with Crippen LogP contribution in [0.5, 0.6) is 0 Å². The van der Waals surface area contributed by atoms with E-state index in [2.05, 4.69) is 10.6 Å². The molecule has 0 bridgehead atoms. The zero-order valence-electron chi connectivity index (χ0n) is 15.9. The fraction of sp³-hybridized carbons (Fsp3) is 0.474. The van der Waals surface area contributed by atoms with Crippen molar-refractivity contribution in [3.05, 3.63) is 35.9 Å². The molecule has 3 amide bonds. The zero-order chi connectivity index (χ0) is 20.2. The Morgan fingerprint density at radius 1 is 1.19 bits per heavy atom. The Morgan fingerprint density at radius 2 is 1.81 bits per heavy atom. The van der Waals surface area contributed by atoms with E-state index in [0.717, 1.165) is 11.4 Å². The molecule has 2 rings (SSSR count). The number of nitrogens with zero attached hydrogens (tertiary/aromatic N) is 1. The molecule has 0 aromatic heterocycles. The number of ketones is 1. The van der Waals surface area contributed by atoms with Gasteiger partial charge in [-0.05, 0) is 19.5 Å². The minimum atomic E-state index is -0.766. The summed E-state index contributed by atoms with van der Waals surface area (Å²) in [6.45, 7) is 4.97. The van der Waals surface area contributed by atoms with Gasteiger partial charge in [-0.25, -0.2) is 0 Å². The molecule has 8 nitrogen and oxygen atoms in total. The van der Waals surface area contributed by atoms with Gasteiger partial charge < -0.3 is 16.4 Å². The molecule has 1 aromatic rings. The molecule has 1 aliphatic heterocycles. The molecule has 0 saturated carbocycles. The Bertz CT molecular complexity index is 648. The third-order valence-electron chi connectivity index (χ3n) is 3.78. The number of nitrogens with two attached hydrogens (primary N) is 1. The molecule has 1 aliphatic rings. The maximum absolute atomic E-state index is 12.4. The predicted molar refractivity (Wildman–Crippen MR) is 102 cm³/mol. The number of amides is 3. The number of likely N-dealkylation sites (tertiary alicyclic amines) is 1. The van der Waals surface area contributed by atoms with Crippen LogP contribution in [0.1, 0.15) is 37.0 Å². The normalized spacial score (nSPS) is 16.4. The van der Waals surface area contributed by atoms with Crippen molar-refractivity contribution in [2.75, 3.05) is 26.2 Å². The Morgan fingerprint density at radius 3 is 2.41 bits per heavy atom. The van der Waals surface area contributed by atoms with Crippen LogP contribution in [0.4, 0.5) is 0 Å². The van der Waals surface area contributed by atoms with Gasteiger partial charge in [-0.15, -0.1) is 0 Å². The molecule has 0 spiro atoms. The molecule has 27 heavy (non-hydrogen) atoms. The van der Waals surface area contributed by atoms with E-state index in [-0.39, 0.29) is 43.5 Å². The molecular formula is C19H28N4O4. The highest BCUT2D eigenvalue weighted by atomic mass is 16.2. The van der Waals surface area contributed by atoms with E-state index in [1.54, 1.807) is 30.3 Å². The summed E-state index contributed by atoms with van der Waals surface area (Å²) in [5.74, 6) is -1.53. The number of Topliss-reactive ketones (excluding diaryl/α,β-unsaturated/α-hetero) is 1. The molecular weight excluding hydrogens is 348 g/mol. The molecule has 1 unspecified atom stereocenters. The first kappa shape index (κ1) is 22.5. The minimum absolute atomic E-state index is 0.108. The standard InChI is InChI=1S/C17H21N3O4.C2H7N/c1-2-18-10-15(22)19-13-8-9-16(23)20(17(13)24)11-14(21)12-6-4-3-5-7-12;1-2-3/h3-7,13,18H,2,8-11H2,1H3,(H,19,22);2-3H2,1H3. The van der Waals surface area contributed by atoms with Crippen molar-refractivity contribution in [2.45, 2.75) is 32.7 Å². The van der Waals surface area contributed by atoms with Gasteiger partial charge in [0, 0.05) is 12.0 Å². The maximum atomic E-state index is 12.4. The van der Waals surface area contributed by atoms with Gasteiger partial charge in [-0.3, -0.25) is 24.1 Å². The van der Waals surface area contributed by atoms with Crippen LogP contribution in [0.3, 0.4) is 0 Å². The average molecular weight is 376 g/mol. The largest absolute Gasteiger partial charge is 0.343 e. The third-order valence-corrected chi connectivity index (χ3v) is 3.78. The molecule has 1 saturated heterocycles. The van der Waals surface area contributed by atoms with E-state index in [1.807, 2.05) is 13.8 Å². The van der Waals surface area contributed by atoms with Crippen molar-refractivity contribution in [1.82, 2.24) is 15.5 Å². The fourth-order valence-corrected chi connectivity index (χ4v) is 2.48. The van der Waals surface area contributed by atoms with Crippen molar-refractivity contribution < 1.29 is 19.2 Å². The maximum Gasteiger partial charge on any atom is 0.252 e. The summed E-state index contributed by atoms with van der Waals surface area (Å²) in [7, 11) is 0. The number of nitrogens with one attached hydrogen (secondary N) is 2. The Kier molecular flexibility index (Phi) is 9.92. The fourth-order valence-electron chi connectivity index (χ4n) is 2.48. The van der Waals surface area contributed by atoms with Crippen LogP contribution in [-0.2, 0) is 14.4 Å². The second-order valence-electron chi connectivity index (χ2n) is 5.95. The number of carbonyl (C=O) groups is 4. The van der Waals surface area contributed by atoms with Crippen molar-refractivity contribution in [1.29, 1.82) is 0 Å².